The summed E-state index contributed by atoms with van der Waals surface area (Å²) in [6.45, 7) is 2.42. The molecule has 0 aliphatic carbocycles. The summed E-state index contributed by atoms with van der Waals surface area (Å²) < 4.78 is 9.11. The highest BCUT2D eigenvalue weighted by molar-refractivity contribution is 6.27. The average Bonchev–Trinajstić information content (AvgIpc) is 3.46. The molecule has 4 aromatic heterocycles. The Hall–Kier alpha value is -4.78. The lowest BCUT2D eigenvalue weighted by Crippen LogP contribution is -2.16. The van der Waals surface area contributed by atoms with Crippen molar-refractivity contribution in [2.45, 2.75) is 6.92 Å². The Bertz CT molecular complexity index is 2280. The number of benzene rings is 4. The molecule has 0 amide bonds. The van der Waals surface area contributed by atoms with Crippen LogP contribution in [-0.2, 0) is 0 Å². The number of nitrogens with zero attached hydrogens (tertiary/aromatic N) is 4. The van der Waals surface area contributed by atoms with E-state index < -0.39 is 0 Å². The van der Waals surface area contributed by atoms with E-state index in [4.69, 9.17) is 14.7 Å². The summed E-state index contributed by atoms with van der Waals surface area (Å²) in [7, 11) is 0. The van der Waals surface area contributed by atoms with Gasteiger partial charge in [-0.1, -0.05) is 18.2 Å². The van der Waals surface area contributed by atoms with Crippen LogP contribution in [-0.4, -0.2) is 25.4 Å². The van der Waals surface area contributed by atoms with Gasteiger partial charge in [0, 0.05) is 32.3 Å². The average molecular weight is 456 g/mol. The number of para-hydroxylation sites is 3. The normalized spacial score (nSPS) is 12.5. The number of pyridine rings is 2. The molecule has 0 aliphatic heterocycles. The van der Waals surface area contributed by atoms with E-state index in [2.05, 4.69) is 0 Å². The second-order valence-electron chi connectivity index (χ2n) is 8.77. The molecule has 7 nitrogen and oxygen atoms in total. The van der Waals surface area contributed by atoms with Crippen LogP contribution in [0.1, 0.15) is 6.92 Å². The molecular formula is C28H16N4O3. The van der Waals surface area contributed by atoms with Crippen molar-refractivity contribution in [3.05, 3.63) is 87.4 Å². The van der Waals surface area contributed by atoms with Crippen LogP contribution in [0.5, 0.6) is 5.75 Å². The van der Waals surface area contributed by atoms with Crippen LogP contribution in [0.25, 0.3) is 65.7 Å². The van der Waals surface area contributed by atoms with Crippen molar-refractivity contribution < 1.29 is 4.74 Å². The Labute approximate surface area is 196 Å². The molecule has 0 saturated heterocycles. The molecule has 0 saturated carbocycles. The third kappa shape index (κ3) is 2.11. The second-order valence-corrected chi connectivity index (χ2v) is 8.77. The van der Waals surface area contributed by atoms with Crippen molar-refractivity contribution in [3.8, 4) is 5.75 Å². The number of ether oxygens (including phenoxy) is 1. The number of hydrogen-bond acceptors (Lipinski definition) is 5. The van der Waals surface area contributed by atoms with E-state index in [1.54, 1.807) is 20.9 Å². The van der Waals surface area contributed by atoms with Crippen LogP contribution >= 0.6 is 0 Å². The molecule has 35 heavy (non-hydrogen) atoms. The Morgan fingerprint density at radius 2 is 1.29 bits per heavy atom. The molecule has 0 unspecified atom stereocenters. The molecule has 4 heterocycles. The largest absolute Gasteiger partial charge is 0.492 e. The molecule has 0 radical (unpaired) electrons. The third-order valence-corrected chi connectivity index (χ3v) is 7.02. The predicted molar refractivity (Wildman–Crippen MR) is 138 cm³/mol. The summed E-state index contributed by atoms with van der Waals surface area (Å²) >= 11 is 0. The zero-order chi connectivity index (χ0) is 23.4. The Kier molecular flexibility index (Phi) is 3.30. The molecule has 0 atom stereocenters. The first-order valence-corrected chi connectivity index (χ1v) is 11.5. The third-order valence-electron chi connectivity index (χ3n) is 7.02. The molecule has 0 N–H and O–H groups in total. The van der Waals surface area contributed by atoms with E-state index in [0.29, 0.717) is 45.5 Å². The molecule has 0 bridgehead atoms. The van der Waals surface area contributed by atoms with Crippen molar-refractivity contribution in [2.24, 2.45) is 0 Å². The Morgan fingerprint density at radius 1 is 0.686 bits per heavy atom. The first kappa shape index (κ1) is 18.6. The van der Waals surface area contributed by atoms with E-state index in [1.165, 1.54) is 0 Å². The lowest BCUT2D eigenvalue weighted by molar-refractivity contribution is 0.344. The van der Waals surface area contributed by atoms with Gasteiger partial charge >= 0.3 is 0 Å². The van der Waals surface area contributed by atoms with E-state index >= 15 is 0 Å². The van der Waals surface area contributed by atoms with Gasteiger partial charge in [-0.05, 0) is 55.5 Å². The van der Waals surface area contributed by atoms with Gasteiger partial charge in [-0.25, -0.2) is 9.97 Å². The zero-order valence-electron chi connectivity index (χ0n) is 18.6. The fraction of sp³-hybridized carbons (Fsp3) is 0.0714. The number of aromatic nitrogens is 4. The monoisotopic (exact) mass is 456 g/mol. The number of fused-ring (bicyclic) bond motifs is 8. The van der Waals surface area contributed by atoms with Gasteiger partial charge < -0.3 is 4.74 Å². The fourth-order valence-corrected chi connectivity index (χ4v) is 5.61. The highest BCUT2D eigenvalue weighted by Gasteiger charge is 2.22. The number of rotatable bonds is 2. The van der Waals surface area contributed by atoms with Crippen LogP contribution in [0.2, 0.25) is 0 Å². The SMILES string of the molecule is CCOc1cccc2c1nc1c3ccc4c5c(ccc(c(=O)n21)c35)c(=O)n1c2ccccc2nc41. The number of imidazole rings is 2. The molecule has 8 aromatic rings. The minimum Gasteiger partial charge on any atom is -0.492 e. The smallest absolute Gasteiger partial charge is 0.264 e. The topological polar surface area (TPSA) is 78.0 Å². The molecule has 0 fully saturated rings. The zero-order valence-corrected chi connectivity index (χ0v) is 18.6. The minimum absolute atomic E-state index is 0.143. The fourth-order valence-electron chi connectivity index (χ4n) is 5.61. The first-order valence-electron chi connectivity index (χ1n) is 11.5. The summed E-state index contributed by atoms with van der Waals surface area (Å²) in [6.07, 6.45) is 0. The van der Waals surface area contributed by atoms with Crippen molar-refractivity contribution in [1.82, 2.24) is 18.8 Å². The molecule has 8 rings (SSSR count). The molecular weight excluding hydrogens is 440 g/mol. The van der Waals surface area contributed by atoms with E-state index in [9.17, 15) is 9.59 Å². The molecule has 0 aliphatic rings. The van der Waals surface area contributed by atoms with Gasteiger partial charge in [0.2, 0.25) is 0 Å². The lowest BCUT2D eigenvalue weighted by Gasteiger charge is -2.12. The molecule has 4 aromatic carbocycles. The van der Waals surface area contributed by atoms with Crippen molar-refractivity contribution >= 4 is 65.7 Å². The quantitative estimate of drug-likeness (QED) is 0.351. The minimum atomic E-state index is -0.168. The first-order chi connectivity index (χ1) is 17.2. The van der Waals surface area contributed by atoms with Crippen LogP contribution in [0, 0.1) is 0 Å². The van der Waals surface area contributed by atoms with Crippen LogP contribution in [0.3, 0.4) is 0 Å². The Morgan fingerprint density at radius 3 is 2.00 bits per heavy atom. The maximum Gasteiger partial charge on any atom is 0.264 e. The van der Waals surface area contributed by atoms with Gasteiger partial charge in [-0.15, -0.1) is 0 Å². The Balaban J connectivity index is 1.66. The second kappa shape index (κ2) is 6.21. The van der Waals surface area contributed by atoms with Crippen LogP contribution in [0.15, 0.2) is 76.3 Å². The summed E-state index contributed by atoms with van der Waals surface area (Å²) in [5.74, 6) is 0.641. The standard InChI is InChI=1S/C28H16N4O3/c1-2-35-21-9-5-8-20-24(21)30-26-15-11-10-14-22-16(12-13-17(23(15)22)28(34)32(20)26)27(33)31-19-7-4-3-6-18(19)29-25(14)31/h3-13H,2H2,1H3. The van der Waals surface area contributed by atoms with Gasteiger partial charge in [0.15, 0.2) is 0 Å². The van der Waals surface area contributed by atoms with E-state index in [0.717, 1.165) is 32.6 Å². The summed E-state index contributed by atoms with van der Waals surface area (Å²) in [5, 5.41) is 4.26. The molecule has 0 spiro atoms. The summed E-state index contributed by atoms with van der Waals surface area (Å²) in [4.78, 5) is 37.1. The van der Waals surface area contributed by atoms with E-state index in [-0.39, 0.29) is 11.1 Å². The van der Waals surface area contributed by atoms with Gasteiger partial charge in [-0.2, -0.15) is 0 Å². The lowest BCUT2D eigenvalue weighted by atomic mass is 9.96. The van der Waals surface area contributed by atoms with Crippen molar-refractivity contribution in [1.29, 1.82) is 0 Å². The van der Waals surface area contributed by atoms with Gasteiger partial charge in [0.1, 0.15) is 22.6 Å². The highest BCUT2D eigenvalue weighted by atomic mass is 16.5. The summed E-state index contributed by atoms with van der Waals surface area (Å²) in [5.41, 5.74) is 3.72. The molecule has 166 valence electrons. The van der Waals surface area contributed by atoms with Crippen molar-refractivity contribution in [3.63, 3.8) is 0 Å². The van der Waals surface area contributed by atoms with Crippen molar-refractivity contribution in [2.75, 3.05) is 6.61 Å². The molecule has 7 heteroatoms. The van der Waals surface area contributed by atoms with Gasteiger partial charge in [0.05, 0.1) is 23.2 Å². The maximum atomic E-state index is 13.8. The van der Waals surface area contributed by atoms with Crippen LogP contribution in [0.4, 0.5) is 0 Å². The van der Waals surface area contributed by atoms with Gasteiger partial charge in [-0.3, -0.25) is 18.4 Å². The highest BCUT2D eigenvalue weighted by Crippen LogP contribution is 2.37. The summed E-state index contributed by atoms with van der Waals surface area (Å²) in [6, 6.07) is 20.7. The number of hydrogen-bond donors (Lipinski definition) is 0. The predicted octanol–water partition coefficient (Wildman–Crippen LogP) is 4.74. The van der Waals surface area contributed by atoms with Gasteiger partial charge in [0.25, 0.3) is 11.1 Å². The van der Waals surface area contributed by atoms with Crippen LogP contribution < -0.4 is 15.9 Å². The van der Waals surface area contributed by atoms with E-state index in [1.807, 2.05) is 61.5 Å². The maximum absolute atomic E-state index is 13.8.